The fourth-order valence-corrected chi connectivity index (χ4v) is 3.11. The lowest BCUT2D eigenvalue weighted by Crippen LogP contribution is -2.51. The van der Waals surface area contributed by atoms with Gasteiger partial charge in [-0.25, -0.2) is 4.79 Å². The summed E-state index contributed by atoms with van der Waals surface area (Å²) in [5, 5.41) is 13.6. The molecule has 5 nitrogen and oxygen atoms in total. The molecule has 2 amide bonds. The van der Waals surface area contributed by atoms with Crippen LogP contribution in [0.4, 0.5) is 10.5 Å². The van der Waals surface area contributed by atoms with Crippen LogP contribution in [-0.4, -0.2) is 42.2 Å². The molecule has 6 heteroatoms. The third-order valence-electron chi connectivity index (χ3n) is 4.46. The number of hydrogen-bond donors (Lipinski definition) is 2. The van der Waals surface area contributed by atoms with Crippen LogP contribution in [0.25, 0.3) is 0 Å². The highest BCUT2D eigenvalue weighted by Crippen LogP contribution is 2.27. The molecule has 132 valence electrons. The Morgan fingerprint density at radius 3 is 2.56 bits per heavy atom. The molecule has 1 fully saturated rings. The van der Waals surface area contributed by atoms with Gasteiger partial charge in [-0.1, -0.05) is 35.9 Å². The number of amides is 2. The number of nitrogens with zero attached hydrogens (tertiary/aromatic N) is 2. The van der Waals surface area contributed by atoms with Gasteiger partial charge in [0.15, 0.2) is 0 Å². The minimum absolute atomic E-state index is 0.0652. The number of phenols is 1. The van der Waals surface area contributed by atoms with Crippen molar-refractivity contribution in [2.24, 2.45) is 0 Å². The van der Waals surface area contributed by atoms with E-state index in [4.69, 9.17) is 11.6 Å². The van der Waals surface area contributed by atoms with Crippen molar-refractivity contribution in [3.63, 3.8) is 0 Å². The second-order valence-corrected chi connectivity index (χ2v) is 6.61. The maximum atomic E-state index is 12.4. The Morgan fingerprint density at radius 1 is 1.16 bits per heavy atom. The lowest BCUT2D eigenvalue weighted by Gasteiger charge is -2.36. The molecule has 0 saturated carbocycles. The van der Waals surface area contributed by atoms with Gasteiger partial charge in [0.2, 0.25) is 0 Å². The van der Waals surface area contributed by atoms with Crippen molar-refractivity contribution in [2.75, 3.05) is 31.1 Å². The molecule has 0 atom stereocenters. The van der Waals surface area contributed by atoms with E-state index >= 15 is 0 Å². The van der Waals surface area contributed by atoms with Gasteiger partial charge in [0.25, 0.3) is 0 Å². The molecule has 2 aromatic rings. The highest BCUT2D eigenvalue weighted by Gasteiger charge is 2.22. The van der Waals surface area contributed by atoms with Crippen LogP contribution in [0.1, 0.15) is 11.1 Å². The number of phenolic OH excluding ortho intramolecular Hbond substituents is 1. The molecule has 0 bridgehead atoms. The fraction of sp³-hybridized carbons (Fsp3) is 0.316. The number of hydrogen-bond acceptors (Lipinski definition) is 3. The highest BCUT2D eigenvalue weighted by molar-refractivity contribution is 6.31. The number of halogens is 1. The first-order valence-corrected chi connectivity index (χ1v) is 8.73. The van der Waals surface area contributed by atoms with Crippen molar-refractivity contribution >= 4 is 23.3 Å². The first kappa shape index (κ1) is 17.4. The van der Waals surface area contributed by atoms with Gasteiger partial charge in [-0.2, -0.15) is 0 Å². The predicted molar refractivity (Wildman–Crippen MR) is 100 cm³/mol. The zero-order chi connectivity index (χ0) is 17.8. The van der Waals surface area contributed by atoms with Crippen molar-refractivity contribution in [3.8, 4) is 5.75 Å². The van der Waals surface area contributed by atoms with Crippen molar-refractivity contribution in [2.45, 2.75) is 13.5 Å². The number of aryl methyl sites for hydroxylation is 1. The first-order chi connectivity index (χ1) is 12.0. The van der Waals surface area contributed by atoms with E-state index in [1.165, 1.54) is 0 Å². The lowest BCUT2D eigenvalue weighted by molar-refractivity contribution is 0.194. The maximum absolute atomic E-state index is 12.4. The van der Waals surface area contributed by atoms with Crippen LogP contribution in [0.2, 0.25) is 5.02 Å². The summed E-state index contributed by atoms with van der Waals surface area (Å²) >= 11 is 6.02. The monoisotopic (exact) mass is 359 g/mol. The average molecular weight is 360 g/mol. The molecule has 1 heterocycles. The molecule has 0 spiro atoms. The SMILES string of the molecule is Cc1cc(CNC(=O)N2CCN(c3ccccc3O)CC2)ccc1Cl. The second kappa shape index (κ2) is 7.66. The number of urea groups is 1. The molecular weight excluding hydrogens is 338 g/mol. The largest absolute Gasteiger partial charge is 0.506 e. The van der Waals surface area contributed by atoms with Gasteiger partial charge < -0.3 is 20.2 Å². The molecule has 2 N–H and O–H groups in total. The molecule has 3 rings (SSSR count). The van der Waals surface area contributed by atoms with Crippen LogP contribution in [0.3, 0.4) is 0 Å². The van der Waals surface area contributed by atoms with E-state index in [-0.39, 0.29) is 11.8 Å². The van der Waals surface area contributed by atoms with Gasteiger partial charge in [0.05, 0.1) is 5.69 Å². The molecule has 1 aliphatic heterocycles. The van der Waals surface area contributed by atoms with Gasteiger partial charge in [0, 0.05) is 37.7 Å². The summed E-state index contributed by atoms with van der Waals surface area (Å²) in [6, 6.07) is 13.0. The summed E-state index contributed by atoms with van der Waals surface area (Å²) in [7, 11) is 0. The Morgan fingerprint density at radius 2 is 1.88 bits per heavy atom. The average Bonchev–Trinajstić information content (AvgIpc) is 2.63. The van der Waals surface area contributed by atoms with Gasteiger partial charge in [-0.15, -0.1) is 0 Å². The van der Waals surface area contributed by atoms with Gasteiger partial charge in [0.1, 0.15) is 5.75 Å². The number of carbonyl (C=O) groups excluding carboxylic acids is 1. The number of aromatic hydroxyl groups is 1. The van der Waals surface area contributed by atoms with E-state index in [2.05, 4.69) is 10.2 Å². The van der Waals surface area contributed by atoms with Crippen LogP contribution in [-0.2, 0) is 6.54 Å². The quantitative estimate of drug-likeness (QED) is 0.883. The minimum atomic E-state index is -0.0652. The number of piperazine rings is 1. The van der Waals surface area contributed by atoms with Crippen molar-refractivity contribution in [3.05, 3.63) is 58.6 Å². The van der Waals surface area contributed by atoms with Crippen molar-refractivity contribution in [1.29, 1.82) is 0 Å². The number of carbonyl (C=O) groups is 1. The standard InChI is InChI=1S/C19H22ClN3O2/c1-14-12-15(6-7-16(14)20)13-21-19(25)23-10-8-22(9-11-23)17-4-2-3-5-18(17)24/h2-7,12,24H,8-11,13H2,1H3,(H,21,25). The lowest BCUT2D eigenvalue weighted by atomic mass is 10.1. The van der Waals surface area contributed by atoms with Crippen LogP contribution < -0.4 is 10.2 Å². The van der Waals surface area contributed by atoms with Crippen molar-refractivity contribution in [1.82, 2.24) is 10.2 Å². The first-order valence-electron chi connectivity index (χ1n) is 8.35. The number of rotatable bonds is 3. The smallest absolute Gasteiger partial charge is 0.317 e. The summed E-state index contributed by atoms with van der Waals surface area (Å²) in [5.41, 5.74) is 2.85. The molecule has 2 aromatic carbocycles. The zero-order valence-electron chi connectivity index (χ0n) is 14.2. The van der Waals surface area contributed by atoms with E-state index in [1.54, 1.807) is 17.0 Å². The van der Waals surface area contributed by atoms with Crippen LogP contribution in [0, 0.1) is 6.92 Å². The zero-order valence-corrected chi connectivity index (χ0v) is 15.0. The summed E-state index contributed by atoms with van der Waals surface area (Å²) in [4.78, 5) is 16.3. The maximum Gasteiger partial charge on any atom is 0.317 e. The van der Waals surface area contributed by atoms with E-state index < -0.39 is 0 Å². The third-order valence-corrected chi connectivity index (χ3v) is 4.88. The number of para-hydroxylation sites is 2. The third kappa shape index (κ3) is 4.17. The molecule has 0 unspecified atom stereocenters. The topological polar surface area (TPSA) is 55.8 Å². The van der Waals surface area contributed by atoms with E-state index in [0.717, 1.165) is 21.8 Å². The fourth-order valence-electron chi connectivity index (χ4n) is 2.99. The molecule has 0 aliphatic carbocycles. The summed E-state index contributed by atoms with van der Waals surface area (Å²) in [5.74, 6) is 0.276. The molecule has 1 saturated heterocycles. The molecule has 1 aliphatic rings. The molecule has 0 aromatic heterocycles. The van der Waals surface area contributed by atoms with Gasteiger partial charge in [-0.3, -0.25) is 0 Å². The Hall–Kier alpha value is -2.40. The van der Waals surface area contributed by atoms with Crippen LogP contribution in [0.15, 0.2) is 42.5 Å². The Balaban J connectivity index is 1.51. The summed E-state index contributed by atoms with van der Waals surface area (Å²) < 4.78 is 0. The predicted octanol–water partition coefficient (Wildman–Crippen LogP) is 3.39. The van der Waals surface area contributed by atoms with Gasteiger partial charge in [-0.05, 0) is 36.2 Å². The number of benzene rings is 2. The highest BCUT2D eigenvalue weighted by atomic mass is 35.5. The summed E-state index contributed by atoms with van der Waals surface area (Å²) in [6.45, 7) is 5.08. The van der Waals surface area contributed by atoms with Crippen LogP contribution in [0.5, 0.6) is 5.75 Å². The summed E-state index contributed by atoms with van der Waals surface area (Å²) in [6.07, 6.45) is 0. The Kier molecular flexibility index (Phi) is 5.34. The Labute approximate surface area is 152 Å². The van der Waals surface area contributed by atoms with E-state index in [1.807, 2.05) is 37.3 Å². The van der Waals surface area contributed by atoms with Crippen LogP contribution >= 0.6 is 11.6 Å². The van der Waals surface area contributed by atoms with E-state index in [9.17, 15) is 9.90 Å². The number of nitrogens with one attached hydrogen (secondary N) is 1. The van der Waals surface area contributed by atoms with Gasteiger partial charge >= 0.3 is 6.03 Å². The molecule has 0 radical (unpaired) electrons. The molecule has 25 heavy (non-hydrogen) atoms. The molecular formula is C19H22ClN3O2. The minimum Gasteiger partial charge on any atom is -0.506 e. The van der Waals surface area contributed by atoms with Crippen molar-refractivity contribution < 1.29 is 9.90 Å². The second-order valence-electron chi connectivity index (χ2n) is 6.21. The Bertz CT molecular complexity index is 758. The normalized spacial score (nSPS) is 14.5. The number of anilines is 1. The van der Waals surface area contributed by atoms with E-state index in [0.29, 0.717) is 32.7 Å².